The number of fused-ring (bicyclic) bond motifs is 1. The Labute approximate surface area is 116 Å². The SMILES string of the molecule is CC1CCC(NCC2(C3CC3)CC2)c2ccccc21. The van der Waals surface area contributed by atoms with Gasteiger partial charge in [-0.3, -0.25) is 0 Å². The summed E-state index contributed by atoms with van der Waals surface area (Å²) in [6.45, 7) is 3.65. The Hall–Kier alpha value is -0.820. The lowest BCUT2D eigenvalue weighted by molar-refractivity contribution is 0.348. The van der Waals surface area contributed by atoms with Crippen LogP contribution in [0.25, 0.3) is 0 Å². The highest BCUT2D eigenvalue weighted by Crippen LogP contribution is 2.61. The molecule has 0 spiro atoms. The van der Waals surface area contributed by atoms with Gasteiger partial charge in [-0.25, -0.2) is 0 Å². The molecule has 0 aliphatic heterocycles. The third-order valence-corrected chi connectivity index (χ3v) is 5.83. The Morgan fingerprint density at radius 2 is 1.79 bits per heavy atom. The molecule has 19 heavy (non-hydrogen) atoms. The van der Waals surface area contributed by atoms with Crippen molar-refractivity contribution < 1.29 is 0 Å². The van der Waals surface area contributed by atoms with E-state index >= 15 is 0 Å². The second-order valence-electron chi connectivity index (χ2n) is 7.18. The minimum atomic E-state index is 0.614. The molecule has 0 aromatic heterocycles. The summed E-state index contributed by atoms with van der Waals surface area (Å²) >= 11 is 0. The number of rotatable bonds is 4. The van der Waals surface area contributed by atoms with Crippen LogP contribution in [0.4, 0.5) is 0 Å². The lowest BCUT2D eigenvalue weighted by atomic mass is 9.81. The second-order valence-corrected chi connectivity index (χ2v) is 7.18. The summed E-state index contributed by atoms with van der Waals surface area (Å²) in [4.78, 5) is 0. The predicted molar refractivity (Wildman–Crippen MR) is 79.2 cm³/mol. The molecule has 3 aliphatic rings. The van der Waals surface area contributed by atoms with Crippen LogP contribution < -0.4 is 5.32 Å². The maximum absolute atomic E-state index is 3.92. The van der Waals surface area contributed by atoms with Crippen LogP contribution in [0.3, 0.4) is 0 Å². The molecule has 0 bridgehead atoms. The molecule has 2 fully saturated rings. The van der Waals surface area contributed by atoms with Gasteiger partial charge in [-0.05, 0) is 66.9 Å². The first kappa shape index (κ1) is 12.0. The molecule has 2 unspecified atom stereocenters. The average Bonchev–Trinajstić information content (AvgIpc) is 3.30. The van der Waals surface area contributed by atoms with Crippen LogP contribution in [0.15, 0.2) is 24.3 Å². The quantitative estimate of drug-likeness (QED) is 0.840. The van der Waals surface area contributed by atoms with Gasteiger partial charge in [0.1, 0.15) is 0 Å². The fourth-order valence-electron chi connectivity index (χ4n) is 4.13. The van der Waals surface area contributed by atoms with E-state index in [2.05, 4.69) is 36.5 Å². The highest BCUT2D eigenvalue weighted by molar-refractivity contribution is 5.35. The van der Waals surface area contributed by atoms with Gasteiger partial charge >= 0.3 is 0 Å². The van der Waals surface area contributed by atoms with Gasteiger partial charge in [0.2, 0.25) is 0 Å². The highest BCUT2D eigenvalue weighted by atomic mass is 14.9. The lowest BCUT2D eigenvalue weighted by Gasteiger charge is -2.31. The first-order valence-electron chi connectivity index (χ1n) is 8.11. The van der Waals surface area contributed by atoms with Gasteiger partial charge in [0, 0.05) is 12.6 Å². The van der Waals surface area contributed by atoms with Crippen molar-refractivity contribution in [2.75, 3.05) is 6.54 Å². The first-order chi connectivity index (χ1) is 9.28. The Morgan fingerprint density at radius 1 is 1.05 bits per heavy atom. The first-order valence-corrected chi connectivity index (χ1v) is 8.11. The zero-order chi connectivity index (χ0) is 12.9. The van der Waals surface area contributed by atoms with Crippen LogP contribution >= 0.6 is 0 Å². The van der Waals surface area contributed by atoms with Crippen LogP contribution in [0.1, 0.15) is 68.5 Å². The average molecular weight is 255 g/mol. The molecule has 1 nitrogen and oxygen atoms in total. The second kappa shape index (κ2) is 4.34. The van der Waals surface area contributed by atoms with E-state index in [0.717, 1.165) is 17.3 Å². The van der Waals surface area contributed by atoms with Crippen molar-refractivity contribution >= 4 is 0 Å². The van der Waals surface area contributed by atoms with Crippen molar-refractivity contribution in [3.63, 3.8) is 0 Å². The molecule has 0 radical (unpaired) electrons. The third kappa shape index (κ3) is 2.12. The van der Waals surface area contributed by atoms with Gasteiger partial charge in [0.15, 0.2) is 0 Å². The molecule has 102 valence electrons. The molecule has 0 heterocycles. The number of hydrogen-bond donors (Lipinski definition) is 1. The monoisotopic (exact) mass is 255 g/mol. The minimum Gasteiger partial charge on any atom is -0.309 e. The van der Waals surface area contributed by atoms with E-state index in [-0.39, 0.29) is 0 Å². The molecule has 2 atom stereocenters. The fourth-order valence-corrected chi connectivity index (χ4v) is 4.13. The molecule has 1 N–H and O–H groups in total. The van der Waals surface area contributed by atoms with E-state index in [4.69, 9.17) is 0 Å². The van der Waals surface area contributed by atoms with Gasteiger partial charge in [-0.1, -0.05) is 31.2 Å². The number of nitrogens with one attached hydrogen (secondary N) is 1. The largest absolute Gasteiger partial charge is 0.309 e. The smallest absolute Gasteiger partial charge is 0.0323 e. The molecular formula is C18H25N. The van der Waals surface area contributed by atoms with E-state index in [1.54, 1.807) is 11.1 Å². The van der Waals surface area contributed by atoms with Crippen LogP contribution in [0.2, 0.25) is 0 Å². The van der Waals surface area contributed by atoms with Crippen molar-refractivity contribution in [3.8, 4) is 0 Å². The van der Waals surface area contributed by atoms with Gasteiger partial charge in [-0.2, -0.15) is 0 Å². The lowest BCUT2D eigenvalue weighted by Crippen LogP contribution is -2.32. The number of hydrogen-bond acceptors (Lipinski definition) is 1. The van der Waals surface area contributed by atoms with E-state index in [1.807, 2.05) is 0 Å². The zero-order valence-electron chi connectivity index (χ0n) is 12.0. The van der Waals surface area contributed by atoms with E-state index in [1.165, 1.54) is 45.1 Å². The molecule has 0 saturated heterocycles. The zero-order valence-corrected chi connectivity index (χ0v) is 12.0. The third-order valence-electron chi connectivity index (χ3n) is 5.83. The molecule has 1 aromatic carbocycles. The van der Waals surface area contributed by atoms with Crippen LogP contribution in [-0.2, 0) is 0 Å². The molecule has 1 heteroatoms. The molecule has 2 saturated carbocycles. The topological polar surface area (TPSA) is 12.0 Å². The minimum absolute atomic E-state index is 0.614. The van der Waals surface area contributed by atoms with E-state index < -0.39 is 0 Å². The van der Waals surface area contributed by atoms with Crippen molar-refractivity contribution in [1.82, 2.24) is 5.32 Å². The summed E-state index contributed by atoms with van der Waals surface area (Å²) in [7, 11) is 0. The predicted octanol–water partition coefficient (Wildman–Crippen LogP) is 4.40. The van der Waals surface area contributed by atoms with Crippen molar-refractivity contribution in [3.05, 3.63) is 35.4 Å². The Morgan fingerprint density at radius 3 is 2.47 bits per heavy atom. The summed E-state index contributed by atoms with van der Waals surface area (Å²) < 4.78 is 0. The van der Waals surface area contributed by atoms with Crippen LogP contribution in [-0.4, -0.2) is 6.54 Å². The summed E-state index contributed by atoms with van der Waals surface area (Å²) in [6.07, 6.45) is 8.62. The molecular weight excluding hydrogens is 230 g/mol. The van der Waals surface area contributed by atoms with E-state index in [0.29, 0.717) is 6.04 Å². The summed E-state index contributed by atoms with van der Waals surface area (Å²) in [5.74, 6) is 1.81. The standard InChI is InChI=1S/C18H25N/c1-13-6-9-17(16-5-3-2-4-15(13)16)19-12-18(10-11-18)14-7-8-14/h2-5,13-14,17,19H,6-12H2,1H3. The van der Waals surface area contributed by atoms with Gasteiger partial charge in [0.25, 0.3) is 0 Å². The van der Waals surface area contributed by atoms with Crippen molar-refractivity contribution in [1.29, 1.82) is 0 Å². The van der Waals surface area contributed by atoms with Crippen LogP contribution in [0.5, 0.6) is 0 Å². The van der Waals surface area contributed by atoms with Crippen molar-refractivity contribution in [2.45, 2.75) is 57.4 Å². The van der Waals surface area contributed by atoms with E-state index in [9.17, 15) is 0 Å². The molecule has 3 aliphatic carbocycles. The highest BCUT2D eigenvalue weighted by Gasteiger charge is 2.53. The van der Waals surface area contributed by atoms with Gasteiger partial charge < -0.3 is 5.32 Å². The Bertz CT molecular complexity index is 470. The summed E-state index contributed by atoms with van der Waals surface area (Å²) in [6, 6.07) is 9.70. The maximum atomic E-state index is 3.92. The molecule has 4 rings (SSSR count). The fraction of sp³-hybridized carbons (Fsp3) is 0.667. The molecule has 1 aromatic rings. The Kier molecular flexibility index (Phi) is 2.73. The maximum Gasteiger partial charge on any atom is 0.0323 e. The summed E-state index contributed by atoms with van der Waals surface area (Å²) in [5.41, 5.74) is 3.88. The normalized spacial score (nSPS) is 31.8. The molecule has 0 amide bonds. The summed E-state index contributed by atoms with van der Waals surface area (Å²) in [5, 5.41) is 3.92. The van der Waals surface area contributed by atoms with Crippen LogP contribution in [0, 0.1) is 11.3 Å². The van der Waals surface area contributed by atoms with Gasteiger partial charge in [0.05, 0.1) is 0 Å². The van der Waals surface area contributed by atoms with Crippen molar-refractivity contribution in [2.24, 2.45) is 11.3 Å². The number of benzene rings is 1. The Balaban J connectivity index is 1.48. The van der Waals surface area contributed by atoms with Gasteiger partial charge in [-0.15, -0.1) is 0 Å².